The van der Waals surface area contributed by atoms with Gasteiger partial charge in [-0.15, -0.1) is 0 Å². The van der Waals surface area contributed by atoms with Gasteiger partial charge in [0.05, 0.1) is 12.3 Å². The summed E-state index contributed by atoms with van der Waals surface area (Å²) < 4.78 is 11.0. The van der Waals surface area contributed by atoms with Crippen LogP contribution in [0.2, 0.25) is 5.02 Å². The summed E-state index contributed by atoms with van der Waals surface area (Å²) in [5.74, 6) is 1.09. The molecule has 4 rings (SSSR count). The molecule has 0 bridgehead atoms. The zero-order valence-electron chi connectivity index (χ0n) is 16.2. The summed E-state index contributed by atoms with van der Waals surface area (Å²) in [4.78, 5) is 17.3. The highest BCUT2D eigenvalue weighted by Crippen LogP contribution is 2.24. The highest BCUT2D eigenvalue weighted by atomic mass is 35.5. The number of nitrogens with zero attached hydrogens (tertiary/aromatic N) is 3. The fourth-order valence-electron chi connectivity index (χ4n) is 3.44. The molecule has 1 amide bonds. The van der Waals surface area contributed by atoms with Crippen molar-refractivity contribution >= 4 is 17.5 Å². The number of piperazine rings is 1. The highest BCUT2D eigenvalue weighted by Gasteiger charge is 2.27. The molecule has 0 spiro atoms. The second-order valence-corrected chi connectivity index (χ2v) is 7.60. The first-order chi connectivity index (χ1) is 14.1. The van der Waals surface area contributed by atoms with E-state index in [4.69, 9.17) is 20.5 Å². The third-order valence-electron chi connectivity index (χ3n) is 5.18. The fraction of sp³-hybridized carbons (Fsp3) is 0.333. The van der Waals surface area contributed by atoms with E-state index in [9.17, 15) is 4.79 Å². The van der Waals surface area contributed by atoms with Gasteiger partial charge in [0.2, 0.25) is 0 Å². The number of carbonyl (C=O) groups excluding carboxylic acids is 1. The summed E-state index contributed by atoms with van der Waals surface area (Å²) in [7, 11) is 2.11. The molecule has 29 heavy (non-hydrogen) atoms. The van der Waals surface area contributed by atoms with Crippen LogP contribution in [-0.2, 0) is 0 Å². The molecule has 0 unspecified atom stereocenters. The minimum absolute atomic E-state index is 0.0229. The Hall–Kier alpha value is -2.61. The van der Waals surface area contributed by atoms with Crippen LogP contribution < -0.4 is 5.32 Å². The minimum Gasteiger partial charge on any atom is -0.468 e. The Balaban J connectivity index is 1.42. The highest BCUT2D eigenvalue weighted by molar-refractivity contribution is 6.30. The molecule has 1 aromatic carbocycles. The molecule has 3 heterocycles. The topological polar surface area (TPSA) is 74.8 Å². The Kier molecular flexibility index (Phi) is 5.99. The predicted octanol–water partition coefficient (Wildman–Crippen LogP) is 3.31. The van der Waals surface area contributed by atoms with Crippen molar-refractivity contribution < 1.29 is 13.7 Å². The maximum atomic E-state index is 12.6. The van der Waals surface area contributed by atoms with Gasteiger partial charge in [0.1, 0.15) is 5.76 Å². The van der Waals surface area contributed by atoms with Gasteiger partial charge < -0.3 is 19.2 Å². The normalized spacial score (nSPS) is 16.6. The molecular formula is C21H23ClN4O3. The lowest BCUT2D eigenvalue weighted by Gasteiger charge is -2.37. The Morgan fingerprint density at radius 3 is 2.66 bits per heavy atom. The summed E-state index contributed by atoms with van der Waals surface area (Å²) in [6.45, 7) is 4.24. The number of benzene rings is 1. The number of rotatable bonds is 6. The van der Waals surface area contributed by atoms with Crippen LogP contribution in [0.4, 0.5) is 0 Å². The Bertz CT molecular complexity index is 931. The zero-order chi connectivity index (χ0) is 20.2. The molecule has 0 saturated carbocycles. The first-order valence-electron chi connectivity index (χ1n) is 9.57. The van der Waals surface area contributed by atoms with E-state index in [1.54, 1.807) is 24.5 Å². The van der Waals surface area contributed by atoms with Crippen molar-refractivity contribution in [3.8, 4) is 11.3 Å². The third-order valence-corrected chi connectivity index (χ3v) is 5.43. The van der Waals surface area contributed by atoms with Crippen LogP contribution in [0.5, 0.6) is 0 Å². The lowest BCUT2D eigenvalue weighted by Crippen LogP contribution is -2.48. The third kappa shape index (κ3) is 4.70. The van der Waals surface area contributed by atoms with E-state index < -0.39 is 0 Å². The summed E-state index contributed by atoms with van der Waals surface area (Å²) >= 11 is 5.92. The van der Waals surface area contributed by atoms with Gasteiger partial charge in [0.25, 0.3) is 5.91 Å². The number of aromatic nitrogens is 1. The lowest BCUT2D eigenvalue weighted by molar-refractivity contribution is 0.0845. The molecule has 1 fully saturated rings. The number of furan rings is 1. The molecule has 1 saturated heterocycles. The molecule has 0 aliphatic carbocycles. The van der Waals surface area contributed by atoms with Gasteiger partial charge in [0, 0.05) is 49.4 Å². The summed E-state index contributed by atoms with van der Waals surface area (Å²) in [5.41, 5.74) is 1.05. The molecule has 1 N–H and O–H groups in total. The molecular weight excluding hydrogens is 392 g/mol. The number of halogens is 1. The molecule has 0 radical (unpaired) electrons. The van der Waals surface area contributed by atoms with Gasteiger partial charge in [0.15, 0.2) is 11.5 Å². The standard InChI is InChI=1S/C21H23ClN4O3/c1-25-8-10-26(11-9-25)18(19-3-2-12-28-19)14-23-21(27)17-13-20(29-24-17)15-4-6-16(22)7-5-15/h2-7,12-13,18H,8-11,14H2,1H3,(H,23,27)/t18-/m1/s1. The molecule has 1 aliphatic heterocycles. The first-order valence-corrected chi connectivity index (χ1v) is 9.95. The van der Waals surface area contributed by atoms with Crippen molar-refractivity contribution in [2.75, 3.05) is 39.8 Å². The zero-order valence-corrected chi connectivity index (χ0v) is 16.9. The number of carbonyl (C=O) groups is 1. The quantitative estimate of drug-likeness (QED) is 0.667. The van der Waals surface area contributed by atoms with Crippen LogP contribution in [-0.4, -0.2) is 60.6 Å². The summed E-state index contributed by atoms with van der Waals surface area (Å²) in [6, 6.07) is 12.6. The Labute approximate surface area is 174 Å². The van der Waals surface area contributed by atoms with Crippen molar-refractivity contribution in [1.82, 2.24) is 20.3 Å². The smallest absolute Gasteiger partial charge is 0.273 e. The van der Waals surface area contributed by atoms with E-state index >= 15 is 0 Å². The molecule has 1 aliphatic rings. The van der Waals surface area contributed by atoms with Gasteiger partial charge in [-0.1, -0.05) is 16.8 Å². The number of likely N-dealkylation sites (N-methyl/N-ethyl adjacent to an activating group) is 1. The molecule has 7 nitrogen and oxygen atoms in total. The van der Waals surface area contributed by atoms with Crippen molar-refractivity contribution in [2.24, 2.45) is 0 Å². The van der Waals surface area contributed by atoms with Gasteiger partial charge in [-0.25, -0.2) is 0 Å². The van der Waals surface area contributed by atoms with Crippen LogP contribution in [0.3, 0.4) is 0 Å². The van der Waals surface area contributed by atoms with Crippen LogP contribution in [0.1, 0.15) is 22.3 Å². The van der Waals surface area contributed by atoms with E-state index in [2.05, 4.69) is 27.3 Å². The maximum Gasteiger partial charge on any atom is 0.273 e. The molecule has 2 aromatic heterocycles. The monoisotopic (exact) mass is 414 g/mol. The lowest BCUT2D eigenvalue weighted by atomic mass is 10.1. The van der Waals surface area contributed by atoms with Crippen LogP contribution in [0.15, 0.2) is 57.7 Å². The van der Waals surface area contributed by atoms with E-state index in [-0.39, 0.29) is 17.6 Å². The second-order valence-electron chi connectivity index (χ2n) is 7.16. The van der Waals surface area contributed by atoms with Crippen LogP contribution in [0.25, 0.3) is 11.3 Å². The van der Waals surface area contributed by atoms with E-state index in [0.29, 0.717) is 17.3 Å². The second kappa shape index (κ2) is 8.82. The molecule has 3 aromatic rings. The summed E-state index contributed by atoms with van der Waals surface area (Å²) in [5, 5.41) is 7.52. The largest absolute Gasteiger partial charge is 0.468 e. The van der Waals surface area contributed by atoms with Gasteiger partial charge in [-0.3, -0.25) is 9.69 Å². The number of amides is 1. The van der Waals surface area contributed by atoms with Crippen LogP contribution >= 0.6 is 11.6 Å². The van der Waals surface area contributed by atoms with Gasteiger partial charge in [-0.2, -0.15) is 0 Å². The Morgan fingerprint density at radius 2 is 1.97 bits per heavy atom. The van der Waals surface area contributed by atoms with Crippen molar-refractivity contribution in [1.29, 1.82) is 0 Å². The molecule has 8 heteroatoms. The SMILES string of the molecule is CN1CCN([C@H](CNC(=O)c2cc(-c3ccc(Cl)cc3)on2)c2ccco2)CC1. The number of hydrogen-bond donors (Lipinski definition) is 1. The minimum atomic E-state index is -0.278. The fourth-order valence-corrected chi connectivity index (χ4v) is 3.56. The maximum absolute atomic E-state index is 12.6. The van der Waals surface area contributed by atoms with Gasteiger partial charge >= 0.3 is 0 Å². The number of hydrogen-bond acceptors (Lipinski definition) is 6. The summed E-state index contributed by atoms with van der Waals surface area (Å²) in [6.07, 6.45) is 1.66. The van der Waals surface area contributed by atoms with E-state index in [1.165, 1.54) is 0 Å². The van der Waals surface area contributed by atoms with E-state index in [0.717, 1.165) is 37.5 Å². The van der Waals surface area contributed by atoms with Crippen molar-refractivity contribution in [2.45, 2.75) is 6.04 Å². The predicted molar refractivity (Wildman–Crippen MR) is 110 cm³/mol. The van der Waals surface area contributed by atoms with Gasteiger partial charge in [-0.05, 0) is 43.4 Å². The van der Waals surface area contributed by atoms with Crippen molar-refractivity contribution in [3.63, 3.8) is 0 Å². The van der Waals surface area contributed by atoms with Crippen molar-refractivity contribution in [3.05, 3.63) is 65.2 Å². The van der Waals surface area contributed by atoms with Crippen LogP contribution in [0, 0.1) is 0 Å². The van der Waals surface area contributed by atoms with E-state index in [1.807, 2.05) is 24.3 Å². The Morgan fingerprint density at radius 1 is 1.21 bits per heavy atom. The average Bonchev–Trinajstić information content (AvgIpc) is 3.42. The molecule has 152 valence electrons. The molecule has 1 atom stereocenters. The first kappa shape index (κ1) is 19.7. The average molecular weight is 415 g/mol. The number of nitrogens with one attached hydrogen (secondary N) is 1.